The second kappa shape index (κ2) is 3.31. The second-order valence-corrected chi connectivity index (χ2v) is 3.64. The Morgan fingerprint density at radius 3 is 2.64 bits per heavy atom. The van der Waals surface area contributed by atoms with Crippen LogP contribution < -0.4 is 10.8 Å². The molecule has 4 N–H and O–H groups in total. The van der Waals surface area contributed by atoms with Gasteiger partial charge < -0.3 is 20.7 Å². The Morgan fingerprint density at radius 2 is 2.14 bits per heavy atom. The van der Waals surface area contributed by atoms with Gasteiger partial charge >= 0.3 is 0 Å². The highest BCUT2D eigenvalue weighted by Gasteiger charge is 2.30. The average Bonchev–Trinajstić information content (AvgIpc) is 2.08. The summed E-state index contributed by atoms with van der Waals surface area (Å²) in [6.45, 7) is 3.21. The van der Waals surface area contributed by atoms with Gasteiger partial charge in [-0.3, -0.25) is 0 Å². The quantitative estimate of drug-likeness (QED) is 0.628. The van der Waals surface area contributed by atoms with Crippen molar-refractivity contribution in [2.45, 2.75) is 19.4 Å². The highest BCUT2D eigenvalue weighted by molar-refractivity contribution is 5.77. The number of carboxylic acid groups (broad SMARTS) is 1. The summed E-state index contributed by atoms with van der Waals surface area (Å²) in [4.78, 5) is 10.8. The van der Waals surface area contributed by atoms with Crippen LogP contribution in [-0.4, -0.2) is 11.1 Å². The minimum Gasteiger partial charge on any atom is -0.543 e. The molecule has 0 unspecified atom stereocenters. The maximum absolute atomic E-state index is 10.8. The number of quaternary nitrogens is 1. The van der Waals surface area contributed by atoms with E-state index in [9.17, 15) is 15.0 Å². The lowest BCUT2D eigenvalue weighted by molar-refractivity contribution is -0.489. The maximum atomic E-state index is 10.8. The van der Waals surface area contributed by atoms with E-state index >= 15 is 0 Å². The molecular weight excluding hydrogens is 182 g/mol. The standard InChI is InChI=1S/C10H13NO3/c1-6-3-4-8(12)7(5-6)10(2,11)9(13)14/h3-5,12H,11H2,1-2H3,(H,13,14)/t10-/m1/s1. The van der Waals surface area contributed by atoms with Crippen LogP contribution in [0.3, 0.4) is 0 Å². The zero-order valence-corrected chi connectivity index (χ0v) is 8.20. The van der Waals surface area contributed by atoms with E-state index in [0.717, 1.165) is 5.56 Å². The monoisotopic (exact) mass is 195 g/mol. The minimum absolute atomic E-state index is 0.0719. The van der Waals surface area contributed by atoms with Gasteiger partial charge in [0.1, 0.15) is 11.7 Å². The van der Waals surface area contributed by atoms with Gasteiger partial charge in [0.25, 0.3) is 0 Å². The van der Waals surface area contributed by atoms with Crippen molar-refractivity contribution in [2.75, 3.05) is 0 Å². The molecule has 76 valence electrons. The fourth-order valence-corrected chi connectivity index (χ4v) is 1.20. The van der Waals surface area contributed by atoms with Crippen LogP contribution >= 0.6 is 0 Å². The number of phenols is 1. The molecule has 0 spiro atoms. The van der Waals surface area contributed by atoms with Crippen molar-refractivity contribution >= 4 is 5.97 Å². The van der Waals surface area contributed by atoms with Gasteiger partial charge in [0.05, 0.1) is 5.56 Å². The topological polar surface area (TPSA) is 88.0 Å². The molecule has 0 saturated heterocycles. The van der Waals surface area contributed by atoms with Crippen LogP contribution in [0.1, 0.15) is 18.1 Å². The van der Waals surface area contributed by atoms with Crippen LogP contribution in [0, 0.1) is 6.92 Å². The number of aromatic hydroxyl groups is 1. The number of hydrogen-bond donors (Lipinski definition) is 2. The van der Waals surface area contributed by atoms with Gasteiger partial charge in [0.15, 0.2) is 5.54 Å². The highest BCUT2D eigenvalue weighted by atomic mass is 16.4. The molecule has 1 aromatic carbocycles. The van der Waals surface area contributed by atoms with Gasteiger partial charge in [0, 0.05) is 6.92 Å². The summed E-state index contributed by atoms with van der Waals surface area (Å²) >= 11 is 0. The Labute approximate surface area is 82.0 Å². The normalized spacial score (nSPS) is 14.8. The molecule has 0 aliphatic heterocycles. The van der Waals surface area contributed by atoms with Crippen molar-refractivity contribution in [2.24, 2.45) is 0 Å². The van der Waals surface area contributed by atoms with Gasteiger partial charge in [-0.1, -0.05) is 11.6 Å². The molecule has 0 fully saturated rings. The molecule has 0 bridgehead atoms. The van der Waals surface area contributed by atoms with Crippen molar-refractivity contribution in [3.63, 3.8) is 0 Å². The first-order valence-electron chi connectivity index (χ1n) is 4.22. The molecule has 0 saturated carbocycles. The Bertz CT molecular complexity index is 372. The first-order valence-corrected chi connectivity index (χ1v) is 4.22. The smallest absolute Gasteiger partial charge is 0.161 e. The molecule has 14 heavy (non-hydrogen) atoms. The predicted molar refractivity (Wildman–Crippen MR) is 48.1 cm³/mol. The lowest BCUT2D eigenvalue weighted by Gasteiger charge is -2.23. The zero-order valence-electron chi connectivity index (χ0n) is 8.20. The van der Waals surface area contributed by atoms with E-state index in [4.69, 9.17) is 0 Å². The summed E-state index contributed by atoms with van der Waals surface area (Å²) in [7, 11) is 0. The molecule has 0 aromatic heterocycles. The van der Waals surface area contributed by atoms with Crippen molar-refractivity contribution < 1.29 is 20.7 Å². The van der Waals surface area contributed by atoms with Crippen molar-refractivity contribution in [1.29, 1.82) is 0 Å². The van der Waals surface area contributed by atoms with Gasteiger partial charge in [0.2, 0.25) is 0 Å². The summed E-state index contributed by atoms with van der Waals surface area (Å²) in [5.74, 6) is -1.38. The van der Waals surface area contributed by atoms with E-state index in [2.05, 4.69) is 5.73 Å². The Morgan fingerprint density at radius 1 is 1.57 bits per heavy atom. The summed E-state index contributed by atoms with van der Waals surface area (Å²) in [6.07, 6.45) is 0. The molecule has 1 aromatic rings. The molecule has 4 heteroatoms. The van der Waals surface area contributed by atoms with Gasteiger partial charge in [-0.25, -0.2) is 0 Å². The van der Waals surface area contributed by atoms with E-state index < -0.39 is 11.5 Å². The number of hydrogen-bond acceptors (Lipinski definition) is 3. The van der Waals surface area contributed by atoms with Crippen LogP contribution in [0.4, 0.5) is 0 Å². The number of carboxylic acids is 1. The lowest BCUT2D eigenvalue weighted by atomic mass is 9.91. The van der Waals surface area contributed by atoms with Gasteiger partial charge in [-0.15, -0.1) is 0 Å². The molecule has 0 aliphatic rings. The van der Waals surface area contributed by atoms with E-state index in [-0.39, 0.29) is 11.3 Å². The fourth-order valence-electron chi connectivity index (χ4n) is 1.20. The van der Waals surface area contributed by atoms with Crippen molar-refractivity contribution in [1.82, 2.24) is 0 Å². The number of carbonyl (C=O) groups excluding carboxylic acids is 1. The van der Waals surface area contributed by atoms with Crippen LogP contribution in [0.25, 0.3) is 0 Å². The third kappa shape index (κ3) is 1.70. The Hall–Kier alpha value is -1.55. The maximum Gasteiger partial charge on any atom is 0.161 e. The number of rotatable bonds is 2. The van der Waals surface area contributed by atoms with Crippen LogP contribution in [0.2, 0.25) is 0 Å². The largest absolute Gasteiger partial charge is 0.543 e. The van der Waals surface area contributed by atoms with Crippen LogP contribution in [0.15, 0.2) is 18.2 Å². The van der Waals surface area contributed by atoms with Crippen molar-refractivity contribution in [3.05, 3.63) is 29.3 Å². The Balaban J connectivity index is 3.31. The van der Waals surface area contributed by atoms with Crippen molar-refractivity contribution in [3.8, 4) is 5.75 Å². The van der Waals surface area contributed by atoms with Gasteiger partial charge in [-0.2, -0.15) is 0 Å². The number of phenolic OH excluding ortho intramolecular Hbond substituents is 1. The van der Waals surface area contributed by atoms with Crippen LogP contribution in [0.5, 0.6) is 5.75 Å². The summed E-state index contributed by atoms with van der Waals surface area (Å²) in [5, 5.41) is 20.3. The molecule has 0 radical (unpaired) electrons. The molecular formula is C10H13NO3. The number of carbonyl (C=O) groups is 1. The highest BCUT2D eigenvalue weighted by Crippen LogP contribution is 2.26. The third-order valence-electron chi connectivity index (χ3n) is 2.20. The van der Waals surface area contributed by atoms with E-state index in [1.165, 1.54) is 13.0 Å². The van der Waals surface area contributed by atoms with E-state index in [1.807, 2.05) is 6.92 Å². The third-order valence-corrected chi connectivity index (χ3v) is 2.20. The van der Waals surface area contributed by atoms with E-state index in [0.29, 0.717) is 0 Å². The zero-order chi connectivity index (χ0) is 10.9. The summed E-state index contributed by atoms with van der Waals surface area (Å²) in [6, 6.07) is 4.75. The van der Waals surface area contributed by atoms with Crippen LogP contribution in [-0.2, 0) is 10.3 Å². The SMILES string of the molecule is Cc1ccc(O)c([C@@](C)([NH3+])C(=O)[O-])c1. The molecule has 0 heterocycles. The molecule has 0 amide bonds. The summed E-state index contributed by atoms with van der Waals surface area (Å²) < 4.78 is 0. The first-order chi connectivity index (χ1) is 6.35. The molecule has 1 rings (SSSR count). The number of aliphatic carboxylic acids is 1. The number of benzene rings is 1. The fraction of sp³-hybridized carbons (Fsp3) is 0.300. The summed E-state index contributed by atoms with van der Waals surface area (Å²) in [5.41, 5.74) is 3.24. The molecule has 0 aliphatic carbocycles. The second-order valence-electron chi connectivity index (χ2n) is 3.64. The lowest BCUT2D eigenvalue weighted by Crippen LogP contribution is -2.75. The minimum atomic E-state index is -1.42. The van der Waals surface area contributed by atoms with E-state index in [1.54, 1.807) is 12.1 Å². The van der Waals surface area contributed by atoms with Gasteiger partial charge in [-0.05, 0) is 19.1 Å². The Kier molecular flexibility index (Phi) is 2.49. The average molecular weight is 195 g/mol. The first kappa shape index (κ1) is 10.5. The number of aryl methyl sites for hydroxylation is 1. The predicted octanol–water partition coefficient (Wildman–Crippen LogP) is -1.09. The molecule has 1 atom stereocenters. The molecule has 4 nitrogen and oxygen atoms in total.